The van der Waals surface area contributed by atoms with Gasteiger partial charge in [-0.25, -0.2) is 4.98 Å². The summed E-state index contributed by atoms with van der Waals surface area (Å²) in [6.45, 7) is 5.69. The molecule has 0 radical (unpaired) electrons. The maximum absolute atomic E-state index is 10.6. The molecule has 0 saturated carbocycles. The van der Waals surface area contributed by atoms with E-state index >= 15 is 0 Å². The summed E-state index contributed by atoms with van der Waals surface area (Å²) in [6, 6.07) is 0. The van der Waals surface area contributed by atoms with Gasteiger partial charge < -0.3 is 14.7 Å². The smallest absolute Gasteiger partial charge is 0.309 e. The fourth-order valence-electron chi connectivity index (χ4n) is 2.01. The van der Waals surface area contributed by atoms with Crippen LogP contribution < -0.4 is 4.90 Å². The third kappa shape index (κ3) is 3.17. The number of carboxylic acids is 1. The highest BCUT2D eigenvalue weighted by Crippen LogP contribution is 2.24. The lowest BCUT2D eigenvalue weighted by Crippen LogP contribution is -2.45. The molecule has 1 aromatic rings. The van der Waals surface area contributed by atoms with E-state index in [1.807, 2.05) is 19.2 Å². The van der Waals surface area contributed by atoms with E-state index in [2.05, 4.69) is 9.88 Å². The van der Waals surface area contributed by atoms with E-state index in [0.29, 0.717) is 5.69 Å². The van der Waals surface area contributed by atoms with Crippen LogP contribution in [0.3, 0.4) is 0 Å². The van der Waals surface area contributed by atoms with Crippen molar-refractivity contribution < 1.29 is 14.6 Å². The van der Waals surface area contributed by atoms with Crippen LogP contribution in [0.15, 0.2) is 5.38 Å². The van der Waals surface area contributed by atoms with Gasteiger partial charge in [-0.15, -0.1) is 11.3 Å². The Bertz CT molecular complexity index is 397. The van der Waals surface area contributed by atoms with Gasteiger partial charge >= 0.3 is 5.97 Å². The Morgan fingerprint density at radius 3 is 2.82 bits per heavy atom. The Balaban J connectivity index is 2.06. The molecule has 5 nitrogen and oxygen atoms in total. The van der Waals surface area contributed by atoms with Gasteiger partial charge in [0.25, 0.3) is 0 Å². The molecule has 0 unspecified atom stereocenters. The predicted octanol–water partition coefficient (Wildman–Crippen LogP) is 1.38. The number of carboxylic acid groups (broad SMARTS) is 1. The van der Waals surface area contributed by atoms with Crippen molar-refractivity contribution in [2.45, 2.75) is 32.5 Å². The van der Waals surface area contributed by atoms with Crippen molar-refractivity contribution in [1.29, 1.82) is 0 Å². The summed E-state index contributed by atoms with van der Waals surface area (Å²) in [5, 5.41) is 11.4. The number of ether oxygens (including phenoxy) is 1. The molecule has 1 aromatic heterocycles. The highest BCUT2D eigenvalue weighted by Gasteiger charge is 2.24. The van der Waals surface area contributed by atoms with Crippen molar-refractivity contribution in [2.75, 3.05) is 18.0 Å². The van der Waals surface area contributed by atoms with Crippen LogP contribution in [-0.2, 0) is 16.0 Å². The average molecular weight is 256 g/mol. The van der Waals surface area contributed by atoms with E-state index in [0.717, 1.165) is 18.2 Å². The van der Waals surface area contributed by atoms with E-state index in [4.69, 9.17) is 9.84 Å². The van der Waals surface area contributed by atoms with Crippen LogP contribution in [0, 0.1) is 0 Å². The number of rotatable bonds is 3. The fourth-order valence-corrected chi connectivity index (χ4v) is 2.86. The molecule has 1 saturated heterocycles. The molecule has 17 heavy (non-hydrogen) atoms. The van der Waals surface area contributed by atoms with Crippen molar-refractivity contribution in [3.63, 3.8) is 0 Å². The van der Waals surface area contributed by atoms with Gasteiger partial charge in [-0.1, -0.05) is 0 Å². The summed E-state index contributed by atoms with van der Waals surface area (Å²) in [5.74, 6) is -0.842. The van der Waals surface area contributed by atoms with Crippen molar-refractivity contribution >= 4 is 22.4 Å². The molecular formula is C11H16N2O3S. The Labute approximate surface area is 104 Å². The van der Waals surface area contributed by atoms with Crippen LogP contribution in [0.2, 0.25) is 0 Å². The van der Waals surface area contributed by atoms with Crippen LogP contribution in [-0.4, -0.2) is 41.4 Å². The molecule has 6 heteroatoms. The molecule has 0 bridgehead atoms. The zero-order valence-electron chi connectivity index (χ0n) is 9.92. The van der Waals surface area contributed by atoms with Gasteiger partial charge in [0, 0.05) is 18.5 Å². The lowest BCUT2D eigenvalue weighted by molar-refractivity contribution is -0.136. The van der Waals surface area contributed by atoms with E-state index in [1.54, 1.807) is 0 Å². The van der Waals surface area contributed by atoms with Crippen molar-refractivity contribution in [3.05, 3.63) is 11.1 Å². The highest BCUT2D eigenvalue weighted by atomic mass is 32.1. The molecule has 0 aromatic carbocycles. The van der Waals surface area contributed by atoms with Crippen LogP contribution >= 0.6 is 11.3 Å². The van der Waals surface area contributed by atoms with Crippen LogP contribution in [0.5, 0.6) is 0 Å². The average Bonchev–Trinajstić information content (AvgIpc) is 2.63. The number of carbonyl (C=O) groups is 1. The van der Waals surface area contributed by atoms with Crippen molar-refractivity contribution in [1.82, 2.24) is 4.98 Å². The summed E-state index contributed by atoms with van der Waals surface area (Å²) < 4.78 is 5.65. The second-order valence-corrected chi connectivity index (χ2v) is 5.19. The monoisotopic (exact) mass is 256 g/mol. The Hall–Kier alpha value is -1.14. The van der Waals surface area contributed by atoms with Crippen LogP contribution in [0.25, 0.3) is 0 Å². The predicted molar refractivity (Wildman–Crippen MR) is 65.7 cm³/mol. The second kappa shape index (κ2) is 5.01. The number of aliphatic carboxylic acids is 1. The van der Waals surface area contributed by atoms with Crippen LogP contribution in [0.1, 0.15) is 19.5 Å². The van der Waals surface area contributed by atoms with Crippen LogP contribution in [0.4, 0.5) is 5.13 Å². The van der Waals surface area contributed by atoms with E-state index < -0.39 is 5.97 Å². The molecule has 1 fully saturated rings. The number of aromatic nitrogens is 1. The maximum atomic E-state index is 10.6. The molecule has 1 aliphatic heterocycles. The molecule has 1 N–H and O–H groups in total. The van der Waals surface area contributed by atoms with Gasteiger partial charge in [0.2, 0.25) is 0 Å². The minimum absolute atomic E-state index is 0.00799. The number of anilines is 1. The number of hydrogen-bond donors (Lipinski definition) is 1. The number of hydrogen-bond acceptors (Lipinski definition) is 5. The third-order valence-corrected chi connectivity index (χ3v) is 3.51. The topological polar surface area (TPSA) is 62.7 Å². The first-order valence-corrected chi connectivity index (χ1v) is 6.49. The zero-order chi connectivity index (χ0) is 12.4. The molecule has 0 amide bonds. The highest BCUT2D eigenvalue weighted by molar-refractivity contribution is 7.13. The Morgan fingerprint density at radius 2 is 2.24 bits per heavy atom. The molecule has 94 valence electrons. The number of nitrogens with zero attached hydrogens (tertiary/aromatic N) is 2. The standard InChI is InChI=1S/C11H16N2O3S/c1-7-4-13(5-8(2)16-7)11-12-9(6-17-11)3-10(14)15/h6-8H,3-5H2,1-2H3,(H,14,15)/t7-,8+. The first kappa shape index (κ1) is 12.3. The fraction of sp³-hybridized carbons (Fsp3) is 0.636. The van der Waals surface area contributed by atoms with Gasteiger partial charge in [0.05, 0.1) is 24.3 Å². The van der Waals surface area contributed by atoms with Gasteiger partial charge in [0.1, 0.15) is 0 Å². The minimum Gasteiger partial charge on any atom is -0.481 e. The largest absolute Gasteiger partial charge is 0.481 e. The van der Waals surface area contributed by atoms with Crippen molar-refractivity contribution in [2.24, 2.45) is 0 Å². The quantitative estimate of drug-likeness (QED) is 0.885. The molecule has 2 atom stereocenters. The Kier molecular flexibility index (Phi) is 3.63. The van der Waals surface area contributed by atoms with Gasteiger partial charge in [0.15, 0.2) is 5.13 Å². The Morgan fingerprint density at radius 1 is 1.59 bits per heavy atom. The van der Waals surface area contributed by atoms with Gasteiger partial charge in [-0.2, -0.15) is 0 Å². The third-order valence-electron chi connectivity index (χ3n) is 2.56. The molecule has 2 rings (SSSR count). The van der Waals surface area contributed by atoms with Gasteiger partial charge in [-0.3, -0.25) is 4.79 Å². The van der Waals surface area contributed by atoms with E-state index in [-0.39, 0.29) is 18.6 Å². The second-order valence-electron chi connectivity index (χ2n) is 4.35. The van der Waals surface area contributed by atoms with E-state index in [1.165, 1.54) is 11.3 Å². The summed E-state index contributed by atoms with van der Waals surface area (Å²) in [5.41, 5.74) is 0.629. The first-order valence-electron chi connectivity index (χ1n) is 5.61. The lowest BCUT2D eigenvalue weighted by atomic mass is 10.2. The molecule has 0 aliphatic carbocycles. The first-order chi connectivity index (χ1) is 8.04. The summed E-state index contributed by atoms with van der Waals surface area (Å²) in [4.78, 5) is 17.1. The molecule has 1 aliphatic rings. The number of thiazole rings is 1. The van der Waals surface area contributed by atoms with Gasteiger partial charge in [-0.05, 0) is 13.8 Å². The zero-order valence-corrected chi connectivity index (χ0v) is 10.7. The molecule has 2 heterocycles. The number of morpholine rings is 1. The normalized spacial score (nSPS) is 24.9. The van der Waals surface area contributed by atoms with E-state index in [9.17, 15) is 4.79 Å². The SMILES string of the molecule is C[C@@H]1CN(c2nc(CC(=O)O)cs2)C[C@H](C)O1. The summed E-state index contributed by atoms with van der Waals surface area (Å²) in [6.07, 6.45) is 0.363. The summed E-state index contributed by atoms with van der Waals surface area (Å²) in [7, 11) is 0. The molecular weight excluding hydrogens is 240 g/mol. The van der Waals surface area contributed by atoms with Crippen molar-refractivity contribution in [3.8, 4) is 0 Å². The summed E-state index contributed by atoms with van der Waals surface area (Å²) >= 11 is 1.50. The lowest BCUT2D eigenvalue weighted by Gasteiger charge is -2.35. The maximum Gasteiger partial charge on any atom is 0.309 e. The molecule has 0 spiro atoms. The minimum atomic E-state index is -0.842.